The molecule has 3 nitrogen and oxygen atoms in total. The lowest BCUT2D eigenvalue weighted by molar-refractivity contribution is 0.277. The van der Waals surface area contributed by atoms with E-state index in [2.05, 4.69) is 10.2 Å². The third kappa shape index (κ3) is 1.09. The van der Waals surface area contributed by atoms with E-state index in [-0.39, 0.29) is 12.6 Å². The van der Waals surface area contributed by atoms with E-state index >= 15 is 0 Å². The lowest BCUT2D eigenvalue weighted by Gasteiger charge is -2.14. The van der Waals surface area contributed by atoms with Gasteiger partial charge in [0.05, 0.1) is 12.3 Å². The van der Waals surface area contributed by atoms with Gasteiger partial charge in [-0.1, -0.05) is 0 Å². The van der Waals surface area contributed by atoms with Crippen LogP contribution < -0.4 is 0 Å². The topological polar surface area (TPSA) is 45.0 Å². The number of nitrogens with zero attached hydrogens (tertiary/aromatic N) is 2. The van der Waals surface area contributed by atoms with Gasteiger partial charge in [-0.25, -0.2) is 0 Å². The van der Waals surface area contributed by atoms with E-state index < -0.39 is 0 Å². The molecule has 0 bridgehead atoms. The first-order valence-electron chi connectivity index (χ1n) is 4.15. The van der Waals surface area contributed by atoms with Crippen LogP contribution in [0.25, 0.3) is 0 Å². The van der Waals surface area contributed by atoms with Gasteiger partial charge in [0, 0.05) is 0 Å². The molecule has 1 heterocycles. The van der Waals surface area contributed by atoms with Crippen molar-refractivity contribution in [1.29, 1.82) is 0 Å². The van der Waals surface area contributed by atoms with E-state index in [0.29, 0.717) is 0 Å². The number of rotatable bonds is 1. The molecule has 0 amide bonds. The highest BCUT2D eigenvalue weighted by Crippen LogP contribution is 2.33. The van der Waals surface area contributed by atoms with Crippen LogP contribution in [-0.4, -0.2) is 17.8 Å². The lowest BCUT2D eigenvalue weighted by Crippen LogP contribution is -2.12. The van der Waals surface area contributed by atoms with Crippen LogP contribution in [0.4, 0.5) is 0 Å². The van der Waals surface area contributed by atoms with Gasteiger partial charge in [0.2, 0.25) is 0 Å². The minimum Gasteiger partial charge on any atom is -0.394 e. The van der Waals surface area contributed by atoms with E-state index in [9.17, 15) is 0 Å². The molecule has 0 saturated carbocycles. The number of azo groups is 1. The normalized spacial score (nSPS) is 29.4. The van der Waals surface area contributed by atoms with Crippen molar-refractivity contribution in [2.45, 2.75) is 31.7 Å². The summed E-state index contributed by atoms with van der Waals surface area (Å²) in [7, 11) is 0. The second-order valence-corrected chi connectivity index (χ2v) is 3.09. The first-order valence-corrected chi connectivity index (χ1v) is 4.15. The number of aliphatic hydroxyl groups excluding tert-OH is 1. The summed E-state index contributed by atoms with van der Waals surface area (Å²) in [5.74, 6) is 0. The third-order valence-corrected chi connectivity index (χ3v) is 2.37. The summed E-state index contributed by atoms with van der Waals surface area (Å²) in [4.78, 5) is 0. The third-order valence-electron chi connectivity index (χ3n) is 2.37. The molecule has 60 valence electrons. The Kier molecular flexibility index (Phi) is 1.74. The van der Waals surface area contributed by atoms with Crippen LogP contribution in [0, 0.1) is 0 Å². The van der Waals surface area contributed by atoms with Crippen molar-refractivity contribution in [1.82, 2.24) is 0 Å². The van der Waals surface area contributed by atoms with E-state index in [4.69, 9.17) is 5.11 Å². The highest BCUT2D eigenvalue weighted by atomic mass is 16.3. The zero-order chi connectivity index (χ0) is 7.68. The molecular weight excluding hydrogens is 140 g/mol. The SMILES string of the molecule is OC[C@@H]1N=NC2=C1CCCC2. The van der Waals surface area contributed by atoms with Gasteiger partial charge >= 0.3 is 0 Å². The molecule has 0 aromatic carbocycles. The molecule has 0 radical (unpaired) electrons. The average Bonchev–Trinajstić information content (AvgIpc) is 2.47. The van der Waals surface area contributed by atoms with Crippen molar-refractivity contribution in [3.05, 3.63) is 11.3 Å². The lowest BCUT2D eigenvalue weighted by atomic mass is 9.93. The molecular formula is C8H12N2O. The van der Waals surface area contributed by atoms with Crippen molar-refractivity contribution in [3.8, 4) is 0 Å². The molecule has 1 atom stereocenters. The molecule has 2 rings (SSSR count). The Morgan fingerprint density at radius 3 is 3.00 bits per heavy atom. The Balaban J connectivity index is 2.21. The Bertz CT molecular complexity index is 220. The standard InChI is InChI=1S/C8H12N2O/c11-5-8-6-3-1-2-4-7(6)9-10-8/h8,11H,1-5H2/t8-/m0/s1. The molecule has 0 saturated heterocycles. The van der Waals surface area contributed by atoms with Gasteiger partial charge in [-0.3, -0.25) is 0 Å². The molecule has 0 aromatic rings. The Hall–Kier alpha value is -0.700. The van der Waals surface area contributed by atoms with Crippen LogP contribution in [0.15, 0.2) is 21.5 Å². The van der Waals surface area contributed by atoms with Crippen molar-refractivity contribution < 1.29 is 5.11 Å². The number of aliphatic hydroxyl groups is 1. The second kappa shape index (κ2) is 2.74. The highest BCUT2D eigenvalue weighted by Gasteiger charge is 2.24. The van der Waals surface area contributed by atoms with Crippen molar-refractivity contribution in [3.63, 3.8) is 0 Å². The van der Waals surface area contributed by atoms with Crippen molar-refractivity contribution in [2.75, 3.05) is 6.61 Å². The monoisotopic (exact) mass is 152 g/mol. The number of hydrogen-bond acceptors (Lipinski definition) is 3. The van der Waals surface area contributed by atoms with Gasteiger partial charge in [0.1, 0.15) is 6.04 Å². The quantitative estimate of drug-likeness (QED) is 0.610. The Labute approximate surface area is 65.8 Å². The predicted octanol–water partition coefficient (Wildman–Crippen LogP) is 1.64. The van der Waals surface area contributed by atoms with Crippen molar-refractivity contribution in [2.24, 2.45) is 10.2 Å². The fourth-order valence-electron chi connectivity index (χ4n) is 1.74. The van der Waals surface area contributed by atoms with E-state index in [1.54, 1.807) is 0 Å². The maximum absolute atomic E-state index is 8.92. The van der Waals surface area contributed by atoms with Crippen LogP contribution in [0.1, 0.15) is 25.7 Å². The van der Waals surface area contributed by atoms with Crippen LogP contribution >= 0.6 is 0 Å². The molecule has 0 fully saturated rings. The van der Waals surface area contributed by atoms with Crippen molar-refractivity contribution >= 4 is 0 Å². The molecule has 11 heavy (non-hydrogen) atoms. The molecule has 0 aromatic heterocycles. The largest absolute Gasteiger partial charge is 0.394 e. The average molecular weight is 152 g/mol. The van der Waals surface area contributed by atoms with Gasteiger partial charge in [0.25, 0.3) is 0 Å². The van der Waals surface area contributed by atoms with Gasteiger partial charge in [0.15, 0.2) is 0 Å². The Morgan fingerprint density at radius 1 is 1.36 bits per heavy atom. The van der Waals surface area contributed by atoms with Gasteiger partial charge in [-0.15, -0.1) is 0 Å². The van der Waals surface area contributed by atoms with Gasteiger partial charge in [-0.05, 0) is 31.3 Å². The fourth-order valence-corrected chi connectivity index (χ4v) is 1.74. The maximum Gasteiger partial charge on any atom is 0.117 e. The van der Waals surface area contributed by atoms with E-state index in [1.165, 1.54) is 18.4 Å². The number of hydrogen-bond donors (Lipinski definition) is 1. The number of allylic oxidation sites excluding steroid dienone is 1. The van der Waals surface area contributed by atoms with Crippen LogP contribution in [0.2, 0.25) is 0 Å². The minimum atomic E-state index is 0.00491. The molecule has 1 aliphatic carbocycles. The van der Waals surface area contributed by atoms with Gasteiger partial charge in [-0.2, -0.15) is 10.2 Å². The van der Waals surface area contributed by atoms with Crippen LogP contribution in [0.3, 0.4) is 0 Å². The predicted molar refractivity (Wildman–Crippen MR) is 41.2 cm³/mol. The zero-order valence-electron chi connectivity index (χ0n) is 6.45. The summed E-state index contributed by atoms with van der Waals surface area (Å²) in [6.45, 7) is 0.127. The Morgan fingerprint density at radius 2 is 2.18 bits per heavy atom. The fraction of sp³-hybridized carbons (Fsp3) is 0.750. The van der Waals surface area contributed by atoms with E-state index in [0.717, 1.165) is 18.5 Å². The first kappa shape index (κ1) is 6.98. The highest BCUT2D eigenvalue weighted by molar-refractivity contribution is 5.24. The maximum atomic E-state index is 8.92. The zero-order valence-corrected chi connectivity index (χ0v) is 6.45. The molecule has 0 unspecified atom stereocenters. The summed E-state index contributed by atoms with van der Waals surface area (Å²) in [6, 6.07) is 0.00491. The summed E-state index contributed by atoms with van der Waals surface area (Å²) in [6.07, 6.45) is 4.62. The minimum absolute atomic E-state index is 0.00491. The summed E-state index contributed by atoms with van der Waals surface area (Å²) < 4.78 is 0. The molecule has 0 spiro atoms. The van der Waals surface area contributed by atoms with E-state index in [1.807, 2.05) is 0 Å². The molecule has 1 N–H and O–H groups in total. The smallest absolute Gasteiger partial charge is 0.117 e. The molecule has 2 aliphatic rings. The summed E-state index contributed by atoms with van der Waals surface area (Å²) in [5.41, 5.74) is 2.44. The summed E-state index contributed by atoms with van der Waals surface area (Å²) >= 11 is 0. The summed E-state index contributed by atoms with van der Waals surface area (Å²) in [5, 5.41) is 17.0. The van der Waals surface area contributed by atoms with Crippen LogP contribution in [-0.2, 0) is 0 Å². The molecule has 3 heteroatoms. The first-order chi connectivity index (χ1) is 5.42. The second-order valence-electron chi connectivity index (χ2n) is 3.09. The molecule has 1 aliphatic heterocycles. The van der Waals surface area contributed by atoms with Gasteiger partial charge < -0.3 is 5.11 Å². The van der Waals surface area contributed by atoms with Crippen LogP contribution in [0.5, 0.6) is 0 Å².